The normalized spacial score (nSPS) is 27.0. The second-order valence-electron chi connectivity index (χ2n) is 4.49. The summed E-state index contributed by atoms with van der Waals surface area (Å²) in [5.41, 5.74) is 5.78. The summed E-state index contributed by atoms with van der Waals surface area (Å²) in [6, 6.07) is 1.41. The van der Waals surface area contributed by atoms with Crippen molar-refractivity contribution in [2.45, 2.75) is 52.1 Å². The SMILES string of the molecule is CCC(C(C)C)N1CCCC1CN. The first-order valence-corrected chi connectivity index (χ1v) is 5.66. The van der Waals surface area contributed by atoms with Gasteiger partial charge in [-0.3, -0.25) is 4.90 Å². The zero-order valence-electron chi connectivity index (χ0n) is 9.29. The van der Waals surface area contributed by atoms with Crippen molar-refractivity contribution >= 4 is 0 Å². The minimum atomic E-state index is 0.660. The Hall–Kier alpha value is -0.0800. The molecule has 0 aromatic rings. The Kier molecular flexibility index (Phi) is 4.20. The van der Waals surface area contributed by atoms with Crippen LogP contribution in [-0.2, 0) is 0 Å². The van der Waals surface area contributed by atoms with Gasteiger partial charge in [-0.15, -0.1) is 0 Å². The second-order valence-corrected chi connectivity index (χ2v) is 4.49. The van der Waals surface area contributed by atoms with Crippen molar-refractivity contribution in [2.75, 3.05) is 13.1 Å². The molecule has 0 spiro atoms. The molecule has 0 aromatic heterocycles. The standard InChI is InChI=1S/C11H24N2/c1-4-11(9(2)3)13-7-5-6-10(13)8-12/h9-11H,4-8,12H2,1-3H3. The van der Waals surface area contributed by atoms with Gasteiger partial charge in [-0.25, -0.2) is 0 Å². The van der Waals surface area contributed by atoms with Gasteiger partial charge in [0.2, 0.25) is 0 Å². The Labute approximate surface area is 82.5 Å². The van der Waals surface area contributed by atoms with Crippen molar-refractivity contribution in [3.05, 3.63) is 0 Å². The third-order valence-electron chi connectivity index (χ3n) is 3.31. The van der Waals surface area contributed by atoms with E-state index in [9.17, 15) is 0 Å². The van der Waals surface area contributed by atoms with Crippen molar-refractivity contribution in [1.29, 1.82) is 0 Å². The van der Waals surface area contributed by atoms with E-state index < -0.39 is 0 Å². The fraction of sp³-hybridized carbons (Fsp3) is 1.00. The molecule has 2 heteroatoms. The van der Waals surface area contributed by atoms with E-state index in [-0.39, 0.29) is 0 Å². The van der Waals surface area contributed by atoms with Crippen LogP contribution in [0, 0.1) is 5.92 Å². The maximum Gasteiger partial charge on any atom is 0.0221 e. The molecule has 2 N–H and O–H groups in total. The summed E-state index contributed by atoms with van der Waals surface area (Å²) in [6.45, 7) is 9.03. The molecule has 13 heavy (non-hydrogen) atoms. The number of rotatable bonds is 4. The maximum atomic E-state index is 5.78. The predicted octanol–water partition coefficient (Wildman–Crippen LogP) is 1.84. The van der Waals surface area contributed by atoms with Gasteiger partial charge in [-0.2, -0.15) is 0 Å². The maximum absolute atomic E-state index is 5.78. The molecule has 0 aromatic carbocycles. The van der Waals surface area contributed by atoms with Crippen molar-refractivity contribution < 1.29 is 0 Å². The number of nitrogens with zero attached hydrogens (tertiary/aromatic N) is 1. The fourth-order valence-corrected chi connectivity index (χ4v) is 2.64. The third kappa shape index (κ3) is 2.44. The largest absolute Gasteiger partial charge is 0.329 e. The van der Waals surface area contributed by atoms with Gasteiger partial charge < -0.3 is 5.73 Å². The van der Waals surface area contributed by atoms with E-state index in [0.29, 0.717) is 6.04 Å². The van der Waals surface area contributed by atoms with E-state index >= 15 is 0 Å². The average Bonchev–Trinajstić information content (AvgIpc) is 2.53. The Balaban J connectivity index is 2.56. The smallest absolute Gasteiger partial charge is 0.0221 e. The Morgan fingerprint density at radius 3 is 2.62 bits per heavy atom. The lowest BCUT2D eigenvalue weighted by molar-refractivity contribution is 0.139. The summed E-state index contributed by atoms with van der Waals surface area (Å²) >= 11 is 0. The van der Waals surface area contributed by atoms with Crippen molar-refractivity contribution in [3.8, 4) is 0 Å². The van der Waals surface area contributed by atoms with Crippen LogP contribution < -0.4 is 5.73 Å². The first-order chi connectivity index (χ1) is 6.20. The van der Waals surface area contributed by atoms with Crippen LogP contribution in [0.25, 0.3) is 0 Å². The summed E-state index contributed by atoms with van der Waals surface area (Å²) in [5, 5.41) is 0. The van der Waals surface area contributed by atoms with Crippen LogP contribution in [0.5, 0.6) is 0 Å². The molecule has 2 atom stereocenters. The number of likely N-dealkylation sites (tertiary alicyclic amines) is 1. The summed E-state index contributed by atoms with van der Waals surface area (Å²) in [4.78, 5) is 2.63. The molecule has 0 aliphatic carbocycles. The molecule has 1 rings (SSSR count). The predicted molar refractivity (Wildman–Crippen MR) is 57.7 cm³/mol. The molecule has 1 aliphatic heterocycles. The zero-order valence-corrected chi connectivity index (χ0v) is 9.29. The van der Waals surface area contributed by atoms with Gasteiger partial charge in [0.05, 0.1) is 0 Å². The molecule has 1 saturated heterocycles. The molecule has 1 aliphatic rings. The van der Waals surface area contributed by atoms with Crippen molar-refractivity contribution in [2.24, 2.45) is 11.7 Å². The minimum absolute atomic E-state index is 0.660. The van der Waals surface area contributed by atoms with Crippen LogP contribution in [0.4, 0.5) is 0 Å². The molecule has 1 fully saturated rings. The molecule has 0 bridgehead atoms. The number of nitrogens with two attached hydrogens (primary N) is 1. The highest BCUT2D eigenvalue weighted by molar-refractivity contribution is 4.86. The molecular weight excluding hydrogens is 160 g/mol. The van der Waals surface area contributed by atoms with Crippen LogP contribution in [0.3, 0.4) is 0 Å². The average molecular weight is 184 g/mol. The summed E-state index contributed by atoms with van der Waals surface area (Å²) in [6.07, 6.45) is 3.90. The zero-order chi connectivity index (χ0) is 9.84. The molecule has 0 amide bonds. The Morgan fingerprint density at radius 2 is 2.15 bits per heavy atom. The van der Waals surface area contributed by atoms with Gasteiger partial charge >= 0.3 is 0 Å². The molecular formula is C11H24N2. The van der Waals surface area contributed by atoms with Crippen LogP contribution in [0.1, 0.15) is 40.0 Å². The molecule has 1 heterocycles. The van der Waals surface area contributed by atoms with Crippen LogP contribution in [-0.4, -0.2) is 30.1 Å². The van der Waals surface area contributed by atoms with Gasteiger partial charge in [-0.1, -0.05) is 20.8 Å². The highest BCUT2D eigenvalue weighted by atomic mass is 15.2. The van der Waals surface area contributed by atoms with E-state index in [0.717, 1.165) is 18.5 Å². The van der Waals surface area contributed by atoms with E-state index in [1.54, 1.807) is 0 Å². The topological polar surface area (TPSA) is 29.3 Å². The van der Waals surface area contributed by atoms with Crippen molar-refractivity contribution in [1.82, 2.24) is 4.90 Å². The Morgan fingerprint density at radius 1 is 1.46 bits per heavy atom. The van der Waals surface area contributed by atoms with Crippen LogP contribution in [0.15, 0.2) is 0 Å². The van der Waals surface area contributed by atoms with E-state index in [2.05, 4.69) is 25.7 Å². The van der Waals surface area contributed by atoms with Gasteiger partial charge in [0.15, 0.2) is 0 Å². The summed E-state index contributed by atoms with van der Waals surface area (Å²) < 4.78 is 0. The summed E-state index contributed by atoms with van der Waals surface area (Å²) in [7, 11) is 0. The molecule has 0 radical (unpaired) electrons. The fourth-order valence-electron chi connectivity index (χ4n) is 2.64. The first-order valence-electron chi connectivity index (χ1n) is 5.66. The van der Waals surface area contributed by atoms with Crippen LogP contribution in [0.2, 0.25) is 0 Å². The molecule has 2 unspecified atom stereocenters. The van der Waals surface area contributed by atoms with Gasteiger partial charge in [0, 0.05) is 18.6 Å². The van der Waals surface area contributed by atoms with E-state index in [4.69, 9.17) is 5.73 Å². The van der Waals surface area contributed by atoms with Gasteiger partial charge in [0.1, 0.15) is 0 Å². The molecule has 78 valence electrons. The monoisotopic (exact) mass is 184 g/mol. The number of hydrogen-bond acceptors (Lipinski definition) is 2. The summed E-state index contributed by atoms with van der Waals surface area (Å²) in [5.74, 6) is 0.761. The lowest BCUT2D eigenvalue weighted by atomic mass is 9.99. The first kappa shape index (κ1) is 11.0. The third-order valence-corrected chi connectivity index (χ3v) is 3.31. The molecule has 0 saturated carbocycles. The van der Waals surface area contributed by atoms with E-state index in [1.165, 1.54) is 25.8 Å². The highest BCUT2D eigenvalue weighted by Gasteiger charge is 2.29. The molecule has 2 nitrogen and oxygen atoms in total. The lowest BCUT2D eigenvalue weighted by Crippen LogP contribution is -2.44. The van der Waals surface area contributed by atoms with Gasteiger partial charge in [0.25, 0.3) is 0 Å². The minimum Gasteiger partial charge on any atom is -0.329 e. The lowest BCUT2D eigenvalue weighted by Gasteiger charge is -2.34. The highest BCUT2D eigenvalue weighted by Crippen LogP contribution is 2.24. The van der Waals surface area contributed by atoms with Crippen LogP contribution >= 0.6 is 0 Å². The quantitative estimate of drug-likeness (QED) is 0.722. The van der Waals surface area contributed by atoms with Crippen molar-refractivity contribution in [3.63, 3.8) is 0 Å². The number of hydrogen-bond donors (Lipinski definition) is 1. The second kappa shape index (κ2) is 4.97. The Bertz CT molecular complexity index is 145. The van der Waals surface area contributed by atoms with Gasteiger partial charge in [-0.05, 0) is 31.7 Å². The van der Waals surface area contributed by atoms with E-state index in [1.807, 2.05) is 0 Å².